The summed E-state index contributed by atoms with van der Waals surface area (Å²) in [6.45, 7) is 0.589. The fourth-order valence-corrected chi connectivity index (χ4v) is 3.00. The number of benzene rings is 1. The summed E-state index contributed by atoms with van der Waals surface area (Å²) in [5.41, 5.74) is 1.20. The Morgan fingerprint density at radius 1 is 1.25 bits per heavy atom. The van der Waals surface area contributed by atoms with E-state index in [2.05, 4.69) is 27.6 Å². The summed E-state index contributed by atoms with van der Waals surface area (Å²) in [6, 6.07) is 10.3. The van der Waals surface area contributed by atoms with Crippen LogP contribution < -0.4 is 5.32 Å². The fourth-order valence-electron chi connectivity index (χ4n) is 3.00. The van der Waals surface area contributed by atoms with Crippen molar-refractivity contribution in [2.24, 2.45) is 0 Å². The van der Waals surface area contributed by atoms with Gasteiger partial charge in [-0.1, -0.05) is 35.5 Å². The van der Waals surface area contributed by atoms with Crippen molar-refractivity contribution in [3.05, 3.63) is 47.6 Å². The van der Waals surface area contributed by atoms with Gasteiger partial charge in [-0.3, -0.25) is 0 Å². The quantitative estimate of drug-likeness (QED) is 0.886. The maximum absolute atomic E-state index is 9.57. The summed E-state index contributed by atoms with van der Waals surface area (Å²) in [7, 11) is 0. The molecule has 2 atom stereocenters. The molecule has 2 fully saturated rings. The highest BCUT2D eigenvalue weighted by Gasteiger charge is 2.50. The molecule has 1 aliphatic heterocycles. The first kappa shape index (κ1) is 12.1. The topological polar surface area (TPSA) is 71.2 Å². The molecule has 5 nitrogen and oxygen atoms in total. The molecule has 1 aromatic carbocycles. The first-order valence-corrected chi connectivity index (χ1v) is 7.09. The molecule has 0 radical (unpaired) electrons. The first-order chi connectivity index (χ1) is 9.78. The third-order valence-corrected chi connectivity index (χ3v) is 4.35. The van der Waals surface area contributed by atoms with E-state index in [0.29, 0.717) is 18.9 Å². The lowest BCUT2D eigenvalue weighted by Crippen LogP contribution is -2.15. The summed E-state index contributed by atoms with van der Waals surface area (Å²) in [6.07, 6.45) is 2.45. The van der Waals surface area contributed by atoms with Gasteiger partial charge in [0, 0.05) is 6.54 Å². The average molecular weight is 271 g/mol. The highest BCUT2D eigenvalue weighted by atomic mass is 16.5. The lowest BCUT2D eigenvalue weighted by molar-refractivity contribution is 0.191. The molecule has 1 aliphatic carbocycles. The van der Waals surface area contributed by atoms with Crippen molar-refractivity contribution in [3.8, 4) is 0 Å². The number of aromatic nitrogens is 2. The number of aliphatic hydroxyl groups excluding tert-OH is 1. The van der Waals surface area contributed by atoms with Crippen LogP contribution in [0.5, 0.6) is 0 Å². The highest BCUT2D eigenvalue weighted by molar-refractivity contribution is 5.38. The molecule has 20 heavy (non-hydrogen) atoms. The van der Waals surface area contributed by atoms with Gasteiger partial charge in [0.1, 0.15) is 0 Å². The minimum atomic E-state index is -0.320. The number of rotatable bonds is 3. The van der Waals surface area contributed by atoms with Gasteiger partial charge in [0.25, 0.3) is 0 Å². The molecular weight excluding hydrogens is 254 g/mol. The van der Waals surface area contributed by atoms with Crippen LogP contribution in [-0.2, 0) is 5.41 Å². The van der Waals surface area contributed by atoms with Crippen molar-refractivity contribution in [1.82, 2.24) is 15.5 Å². The van der Waals surface area contributed by atoms with Gasteiger partial charge in [-0.25, -0.2) is 0 Å². The van der Waals surface area contributed by atoms with E-state index in [1.54, 1.807) is 0 Å². The van der Waals surface area contributed by atoms with Gasteiger partial charge in [-0.05, 0) is 24.8 Å². The van der Waals surface area contributed by atoms with Crippen LogP contribution in [0.2, 0.25) is 0 Å². The van der Waals surface area contributed by atoms with Gasteiger partial charge in [-0.15, -0.1) is 0 Å². The molecule has 0 bridgehead atoms. The second kappa shape index (κ2) is 4.40. The monoisotopic (exact) mass is 271 g/mol. The predicted octanol–water partition coefficient (Wildman–Crippen LogP) is 1.54. The first-order valence-electron chi connectivity index (χ1n) is 7.09. The van der Waals surface area contributed by atoms with Gasteiger partial charge in [-0.2, -0.15) is 4.98 Å². The van der Waals surface area contributed by atoms with Crippen molar-refractivity contribution < 1.29 is 9.63 Å². The Hall–Kier alpha value is -1.72. The van der Waals surface area contributed by atoms with E-state index in [9.17, 15) is 5.11 Å². The van der Waals surface area contributed by atoms with Crippen LogP contribution in [0.1, 0.15) is 42.6 Å². The van der Waals surface area contributed by atoms with Gasteiger partial charge in [0.2, 0.25) is 5.89 Å². The van der Waals surface area contributed by atoms with E-state index in [0.717, 1.165) is 18.7 Å². The smallest absolute Gasteiger partial charge is 0.243 e. The number of aliphatic hydroxyl groups is 1. The van der Waals surface area contributed by atoms with E-state index in [4.69, 9.17) is 4.52 Å². The summed E-state index contributed by atoms with van der Waals surface area (Å²) in [5, 5.41) is 17.0. The van der Waals surface area contributed by atoms with Crippen LogP contribution in [0, 0.1) is 0 Å². The van der Waals surface area contributed by atoms with Crippen LogP contribution >= 0.6 is 0 Å². The van der Waals surface area contributed by atoms with Crippen molar-refractivity contribution in [3.63, 3.8) is 0 Å². The third-order valence-electron chi connectivity index (χ3n) is 4.35. The molecule has 1 saturated carbocycles. The second-order valence-corrected chi connectivity index (χ2v) is 5.75. The van der Waals surface area contributed by atoms with Crippen LogP contribution in [-0.4, -0.2) is 27.9 Å². The Morgan fingerprint density at radius 3 is 2.70 bits per heavy atom. The maximum Gasteiger partial charge on any atom is 0.243 e. The lowest BCUT2D eigenvalue weighted by atomic mass is 9.95. The number of hydrogen-bond acceptors (Lipinski definition) is 5. The molecule has 0 amide bonds. The molecule has 0 unspecified atom stereocenters. The highest BCUT2D eigenvalue weighted by Crippen LogP contribution is 2.52. The number of nitrogens with zero attached hydrogens (tertiary/aromatic N) is 2. The summed E-state index contributed by atoms with van der Waals surface area (Å²) >= 11 is 0. The van der Waals surface area contributed by atoms with Gasteiger partial charge in [0.05, 0.1) is 17.6 Å². The number of hydrogen-bond donors (Lipinski definition) is 2. The maximum atomic E-state index is 9.57. The third kappa shape index (κ3) is 1.85. The van der Waals surface area contributed by atoms with E-state index in [-0.39, 0.29) is 17.6 Å². The Balaban J connectivity index is 1.62. The largest absolute Gasteiger partial charge is 0.392 e. The fraction of sp³-hybridized carbons (Fsp3) is 0.467. The molecule has 104 valence electrons. The normalized spacial score (nSPS) is 27.6. The van der Waals surface area contributed by atoms with Gasteiger partial charge in [0.15, 0.2) is 5.82 Å². The second-order valence-electron chi connectivity index (χ2n) is 5.75. The Bertz CT molecular complexity index is 607. The Labute approximate surface area is 117 Å². The van der Waals surface area contributed by atoms with E-state index < -0.39 is 0 Å². The van der Waals surface area contributed by atoms with Gasteiger partial charge < -0.3 is 14.9 Å². The summed E-state index contributed by atoms with van der Waals surface area (Å²) < 4.78 is 5.41. The van der Waals surface area contributed by atoms with E-state index >= 15 is 0 Å². The average Bonchev–Trinajstić information content (AvgIpc) is 2.93. The van der Waals surface area contributed by atoms with Crippen molar-refractivity contribution >= 4 is 0 Å². The van der Waals surface area contributed by atoms with Crippen molar-refractivity contribution in [2.45, 2.75) is 36.8 Å². The molecule has 1 aromatic heterocycles. The Morgan fingerprint density at radius 2 is 2.05 bits per heavy atom. The van der Waals surface area contributed by atoms with Crippen LogP contribution in [0.3, 0.4) is 0 Å². The molecule has 0 spiro atoms. The minimum absolute atomic E-state index is 0.0159. The van der Waals surface area contributed by atoms with E-state index in [1.165, 1.54) is 5.56 Å². The van der Waals surface area contributed by atoms with Crippen LogP contribution in [0.4, 0.5) is 0 Å². The zero-order chi connectivity index (χ0) is 13.6. The van der Waals surface area contributed by atoms with Crippen LogP contribution in [0.25, 0.3) is 0 Å². The lowest BCUT2D eigenvalue weighted by Gasteiger charge is -2.10. The zero-order valence-corrected chi connectivity index (χ0v) is 11.1. The summed E-state index contributed by atoms with van der Waals surface area (Å²) in [4.78, 5) is 4.59. The number of β-amino-alcohol motifs (C(OH)–C–C–N with tert-alkyl or cyclic N) is 1. The SMILES string of the molecule is O[C@H]1CN[C@H](c2nc(C3(c4ccccc4)CC3)no2)C1. The molecule has 4 rings (SSSR count). The van der Waals surface area contributed by atoms with Crippen molar-refractivity contribution in [2.75, 3.05) is 6.54 Å². The van der Waals surface area contributed by atoms with Crippen molar-refractivity contribution in [1.29, 1.82) is 0 Å². The minimum Gasteiger partial charge on any atom is -0.392 e. The Kier molecular flexibility index (Phi) is 2.65. The number of nitrogens with one attached hydrogen (secondary N) is 1. The van der Waals surface area contributed by atoms with Crippen LogP contribution in [0.15, 0.2) is 34.9 Å². The molecule has 5 heteroatoms. The molecule has 2 N–H and O–H groups in total. The molecule has 2 heterocycles. The predicted molar refractivity (Wildman–Crippen MR) is 72.1 cm³/mol. The van der Waals surface area contributed by atoms with Gasteiger partial charge >= 0.3 is 0 Å². The molecule has 2 aromatic rings. The standard InChI is InChI=1S/C15H17N3O2/c19-11-8-12(16-9-11)13-17-14(18-20-13)15(6-7-15)10-4-2-1-3-5-10/h1-5,11-12,16,19H,6-9H2/t11-,12+/m1/s1. The van der Waals surface area contributed by atoms with E-state index in [1.807, 2.05) is 18.2 Å². The summed E-state index contributed by atoms with van der Waals surface area (Å²) in [5.74, 6) is 1.38. The molecule has 2 aliphatic rings. The molecule has 1 saturated heterocycles. The molecular formula is C15H17N3O2. The zero-order valence-electron chi connectivity index (χ0n) is 11.1.